The molecule has 2 nitrogen and oxygen atoms in total. The quantitative estimate of drug-likeness (QED) is 0.738. The Bertz CT molecular complexity index is 610. The van der Waals surface area contributed by atoms with E-state index in [2.05, 4.69) is 31.4 Å². The van der Waals surface area contributed by atoms with Crippen molar-refractivity contribution in [2.75, 3.05) is 6.54 Å². The van der Waals surface area contributed by atoms with E-state index in [0.29, 0.717) is 6.42 Å². The van der Waals surface area contributed by atoms with E-state index in [1.54, 1.807) is 6.08 Å². The summed E-state index contributed by atoms with van der Waals surface area (Å²) in [5.74, 6) is 0.171. The molecular weight excluding hydrogens is 270 g/mol. The van der Waals surface area contributed by atoms with Crippen molar-refractivity contribution < 1.29 is 4.79 Å². The summed E-state index contributed by atoms with van der Waals surface area (Å²) in [7, 11) is 0. The van der Waals surface area contributed by atoms with E-state index in [1.807, 2.05) is 42.2 Å². The van der Waals surface area contributed by atoms with Crippen LogP contribution in [0, 0.1) is 0 Å². The summed E-state index contributed by atoms with van der Waals surface area (Å²) < 4.78 is 0. The summed E-state index contributed by atoms with van der Waals surface area (Å²) in [6.07, 6.45) is 9.07. The Morgan fingerprint density at radius 1 is 1.32 bits per heavy atom. The lowest BCUT2D eigenvalue weighted by atomic mass is 9.91. The van der Waals surface area contributed by atoms with Gasteiger partial charge in [0, 0.05) is 13.0 Å². The van der Waals surface area contributed by atoms with Crippen LogP contribution >= 0.6 is 0 Å². The minimum atomic E-state index is -0.0630. The first kappa shape index (κ1) is 16.0. The number of nitrogens with zero attached hydrogens (tertiary/aromatic N) is 1. The summed E-state index contributed by atoms with van der Waals surface area (Å²) >= 11 is 0. The van der Waals surface area contributed by atoms with Gasteiger partial charge < -0.3 is 4.90 Å². The van der Waals surface area contributed by atoms with Gasteiger partial charge in [0.05, 0.1) is 6.04 Å². The molecule has 0 N–H and O–H groups in total. The molecule has 0 saturated carbocycles. The predicted molar refractivity (Wildman–Crippen MR) is 93.3 cm³/mol. The molecule has 0 bridgehead atoms. The molecule has 1 aliphatic rings. The zero-order valence-corrected chi connectivity index (χ0v) is 13.2. The number of carbonyl (C=O) groups excluding carboxylic acids is 1. The van der Waals surface area contributed by atoms with Crippen molar-refractivity contribution >= 4 is 11.5 Å². The van der Waals surface area contributed by atoms with Crippen LogP contribution in [0.1, 0.15) is 25.3 Å². The fraction of sp³-hybridized carbons (Fsp3) is 0.250. The molecule has 114 valence electrons. The van der Waals surface area contributed by atoms with Gasteiger partial charge >= 0.3 is 0 Å². The third-order valence-corrected chi connectivity index (χ3v) is 3.97. The van der Waals surface area contributed by atoms with Crippen LogP contribution in [0.5, 0.6) is 0 Å². The Morgan fingerprint density at radius 2 is 2.05 bits per heavy atom. The smallest absolute Gasteiger partial charge is 0.223 e. The van der Waals surface area contributed by atoms with E-state index < -0.39 is 0 Å². The van der Waals surface area contributed by atoms with Crippen LogP contribution in [-0.4, -0.2) is 23.4 Å². The largest absolute Gasteiger partial charge is 0.332 e. The number of hydrogen-bond donors (Lipinski definition) is 0. The molecule has 0 saturated heterocycles. The normalized spacial score (nSPS) is 18.6. The van der Waals surface area contributed by atoms with E-state index in [9.17, 15) is 4.79 Å². The van der Waals surface area contributed by atoms with E-state index in [0.717, 1.165) is 18.5 Å². The Labute approximate surface area is 133 Å². The molecule has 1 heterocycles. The van der Waals surface area contributed by atoms with Crippen molar-refractivity contribution in [3.05, 3.63) is 78.9 Å². The van der Waals surface area contributed by atoms with Crippen molar-refractivity contribution in [3.8, 4) is 0 Å². The Hall–Kier alpha value is -2.35. The zero-order valence-electron chi connectivity index (χ0n) is 13.2. The maximum absolute atomic E-state index is 12.3. The molecule has 0 fully saturated rings. The highest BCUT2D eigenvalue weighted by atomic mass is 16.2. The van der Waals surface area contributed by atoms with Gasteiger partial charge in [-0.05, 0) is 23.1 Å². The number of carbonyl (C=O) groups is 1. The third kappa shape index (κ3) is 3.45. The first-order valence-electron chi connectivity index (χ1n) is 7.71. The molecule has 1 aromatic carbocycles. The van der Waals surface area contributed by atoms with Gasteiger partial charge in [0.1, 0.15) is 0 Å². The lowest BCUT2D eigenvalue weighted by Crippen LogP contribution is -2.42. The van der Waals surface area contributed by atoms with Gasteiger partial charge in [-0.2, -0.15) is 0 Å². The molecule has 2 heteroatoms. The van der Waals surface area contributed by atoms with Crippen LogP contribution in [0.4, 0.5) is 0 Å². The van der Waals surface area contributed by atoms with E-state index >= 15 is 0 Å². The Morgan fingerprint density at radius 3 is 2.64 bits per heavy atom. The predicted octanol–water partition coefficient (Wildman–Crippen LogP) is 4.38. The van der Waals surface area contributed by atoms with Crippen molar-refractivity contribution in [2.24, 2.45) is 0 Å². The Kier molecular flexibility index (Phi) is 5.54. The van der Waals surface area contributed by atoms with Crippen molar-refractivity contribution in [2.45, 2.75) is 25.8 Å². The molecule has 0 radical (unpaired) electrons. The first-order valence-corrected chi connectivity index (χ1v) is 7.71. The molecule has 0 spiro atoms. The highest BCUT2D eigenvalue weighted by molar-refractivity contribution is 5.79. The van der Waals surface area contributed by atoms with Crippen LogP contribution in [0.3, 0.4) is 0 Å². The van der Waals surface area contributed by atoms with Gasteiger partial charge in [-0.3, -0.25) is 4.79 Å². The first-order chi connectivity index (χ1) is 10.7. The summed E-state index contributed by atoms with van der Waals surface area (Å²) in [5, 5.41) is 0. The highest BCUT2D eigenvalue weighted by Gasteiger charge is 2.27. The van der Waals surface area contributed by atoms with Crippen LogP contribution in [0.2, 0.25) is 0 Å². The molecule has 1 aliphatic heterocycles. The molecule has 1 amide bonds. The van der Waals surface area contributed by atoms with Gasteiger partial charge in [-0.25, -0.2) is 0 Å². The van der Waals surface area contributed by atoms with Crippen molar-refractivity contribution in [1.82, 2.24) is 4.90 Å². The summed E-state index contributed by atoms with van der Waals surface area (Å²) in [6, 6.07) is 10.3. The SMILES string of the molecule is C=C/C=C(\C=C)C1C=C(c2ccccc2)CCN1C(=O)CC. The second-order valence-electron chi connectivity index (χ2n) is 5.30. The van der Waals surface area contributed by atoms with E-state index in [1.165, 1.54) is 11.1 Å². The van der Waals surface area contributed by atoms with Gasteiger partial charge in [0.2, 0.25) is 5.91 Å². The molecular formula is C20H23NO. The van der Waals surface area contributed by atoms with E-state index in [-0.39, 0.29) is 11.9 Å². The number of amides is 1. The highest BCUT2D eigenvalue weighted by Crippen LogP contribution is 2.29. The lowest BCUT2D eigenvalue weighted by Gasteiger charge is -2.35. The maximum Gasteiger partial charge on any atom is 0.223 e. The second-order valence-corrected chi connectivity index (χ2v) is 5.30. The van der Waals surface area contributed by atoms with Gasteiger partial charge in [0.15, 0.2) is 0 Å². The van der Waals surface area contributed by atoms with Crippen LogP contribution in [0.25, 0.3) is 5.57 Å². The van der Waals surface area contributed by atoms with Gasteiger partial charge in [-0.15, -0.1) is 0 Å². The van der Waals surface area contributed by atoms with Gasteiger partial charge in [0.25, 0.3) is 0 Å². The summed E-state index contributed by atoms with van der Waals surface area (Å²) in [5.41, 5.74) is 3.51. The van der Waals surface area contributed by atoms with E-state index in [4.69, 9.17) is 0 Å². The number of benzene rings is 1. The Balaban J connectivity index is 2.43. The molecule has 1 atom stereocenters. The minimum absolute atomic E-state index is 0.0630. The molecule has 1 unspecified atom stereocenters. The van der Waals surface area contributed by atoms with Crippen molar-refractivity contribution in [3.63, 3.8) is 0 Å². The topological polar surface area (TPSA) is 20.3 Å². The number of allylic oxidation sites excluding steroid dienone is 2. The number of rotatable bonds is 5. The van der Waals surface area contributed by atoms with Crippen LogP contribution < -0.4 is 0 Å². The molecule has 0 aliphatic carbocycles. The second kappa shape index (κ2) is 7.60. The monoisotopic (exact) mass is 293 g/mol. The average Bonchev–Trinajstić information content (AvgIpc) is 2.59. The van der Waals surface area contributed by atoms with Crippen LogP contribution in [0.15, 0.2) is 73.4 Å². The lowest BCUT2D eigenvalue weighted by molar-refractivity contribution is -0.131. The minimum Gasteiger partial charge on any atom is -0.332 e. The summed E-state index contributed by atoms with van der Waals surface area (Å²) in [6.45, 7) is 10.3. The van der Waals surface area contributed by atoms with Crippen LogP contribution in [-0.2, 0) is 4.79 Å². The molecule has 0 aromatic heterocycles. The molecule has 1 aromatic rings. The molecule has 2 rings (SSSR count). The summed E-state index contributed by atoms with van der Waals surface area (Å²) in [4.78, 5) is 14.2. The third-order valence-electron chi connectivity index (χ3n) is 3.97. The van der Waals surface area contributed by atoms with Gasteiger partial charge in [-0.1, -0.05) is 74.7 Å². The fourth-order valence-electron chi connectivity index (χ4n) is 2.82. The standard InChI is InChI=1S/C20H23NO/c1-4-10-16(5-2)19-15-18(17-11-8-7-9-12-17)13-14-21(19)20(22)6-3/h4-5,7-12,15,19H,1-2,6,13-14H2,3H3/b16-10+. The zero-order chi connectivity index (χ0) is 15.9. The number of hydrogen-bond acceptors (Lipinski definition) is 1. The molecule has 22 heavy (non-hydrogen) atoms. The van der Waals surface area contributed by atoms with Crippen molar-refractivity contribution in [1.29, 1.82) is 0 Å². The maximum atomic E-state index is 12.3. The average molecular weight is 293 g/mol. The fourth-order valence-corrected chi connectivity index (χ4v) is 2.82.